The Morgan fingerprint density at radius 1 is 1.23 bits per heavy atom. The summed E-state index contributed by atoms with van der Waals surface area (Å²) in [5.41, 5.74) is 1.72. The third kappa shape index (κ3) is 0.929. The molecule has 2 aromatic heterocycles. The smallest absolute Gasteiger partial charge is 0.164 e. The lowest BCUT2D eigenvalue weighted by molar-refractivity contribution is 0.670. The largest absolute Gasteiger partial charge is 0.454 e. The van der Waals surface area contributed by atoms with Gasteiger partial charge in [0.25, 0.3) is 0 Å². The number of rotatable bonds is 0. The molecule has 3 rings (SSSR count). The predicted octanol–water partition coefficient (Wildman–Crippen LogP) is 4.30. The molecule has 0 unspecified atom stereocenters. The molecule has 13 heavy (non-hydrogen) atoms. The van der Waals surface area contributed by atoms with Crippen LogP contribution in [0.2, 0.25) is 5.02 Å². The van der Waals surface area contributed by atoms with Crippen molar-refractivity contribution in [1.29, 1.82) is 0 Å². The van der Waals surface area contributed by atoms with E-state index < -0.39 is 0 Å². The van der Waals surface area contributed by atoms with Crippen LogP contribution in [0.5, 0.6) is 0 Å². The van der Waals surface area contributed by atoms with E-state index in [2.05, 4.69) is 0 Å². The molecule has 0 aliphatic carbocycles. The van der Waals surface area contributed by atoms with Crippen molar-refractivity contribution in [3.8, 4) is 0 Å². The first-order valence-corrected chi connectivity index (χ1v) is 5.16. The standard InChI is InChI=1S/C10H5ClOS/c11-7-5-13-10-6-3-1-2-4-8(6)12-9(7)10/h1-5H. The molecule has 0 aliphatic heterocycles. The maximum absolute atomic E-state index is 5.96. The maximum atomic E-state index is 5.96. The molecule has 0 spiro atoms. The molecule has 0 aliphatic rings. The summed E-state index contributed by atoms with van der Waals surface area (Å²) in [6, 6.07) is 7.97. The van der Waals surface area contributed by atoms with Crippen LogP contribution in [0, 0.1) is 0 Å². The van der Waals surface area contributed by atoms with Gasteiger partial charge in [-0.1, -0.05) is 23.7 Å². The van der Waals surface area contributed by atoms with Crippen LogP contribution in [-0.4, -0.2) is 0 Å². The van der Waals surface area contributed by atoms with E-state index in [0.29, 0.717) is 5.02 Å². The van der Waals surface area contributed by atoms with E-state index in [4.69, 9.17) is 16.0 Å². The van der Waals surface area contributed by atoms with Crippen molar-refractivity contribution in [2.24, 2.45) is 0 Å². The van der Waals surface area contributed by atoms with Crippen molar-refractivity contribution in [2.45, 2.75) is 0 Å². The van der Waals surface area contributed by atoms with Crippen LogP contribution in [0.1, 0.15) is 0 Å². The van der Waals surface area contributed by atoms with Gasteiger partial charge in [0.2, 0.25) is 0 Å². The van der Waals surface area contributed by atoms with Gasteiger partial charge >= 0.3 is 0 Å². The molecular formula is C10H5ClOS. The van der Waals surface area contributed by atoms with Gasteiger partial charge in [0.1, 0.15) is 5.58 Å². The van der Waals surface area contributed by atoms with Gasteiger partial charge in [-0.25, -0.2) is 0 Å². The molecule has 0 N–H and O–H groups in total. The zero-order valence-electron chi connectivity index (χ0n) is 6.58. The lowest BCUT2D eigenvalue weighted by Gasteiger charge is -1.83. The Balaban J connectivity index is 2.64. The monoisotopic (exact) mass is 208 g/mol. The second kappa shape index (κ2) is 2.50. The minimum Gasteiger partial charge on any atom is -0.454 e. The fourth-order valence-electron chi connectivity index (χ4n) is 1.46. The molecule has 0 saturated carbocycles. The molecule has 3 heteroatoms. The first-order valence-electron chi connectivity index (χ1n) is 3.90. The Labute approximate surface area is 83.5 Å². The molecular weight excluding hydrogens is 204 g/mol. The fraction of sp³-hybridized carbons (Fsp3) is 0. The number of para-hydroxylation sites is 1. The van der Waals surface area contributed by atoms with Crippen LogP contribution in [0.15, 0.2) is 34.1 Å². The SMILES string of the molecule is Clc1csc2c1oc1ccccc12. The molecule has 3 aromatic rings. The third-order valence-corrected chi connectivity index (χ3v) is 3.45. The van der Waals surface area contributed by atoms with Gasteiger partial charge in [-0.05, 0) is 12.1 Å². The van der Waals surface area contributed by atoms with Crippen molar-refractivity contribution in [3.63, 3.8) is 0 Å². The average molecular weight is 209 g/mol. The Hall–Kier alpha value is -0.990. The van der Waals surface area contributed by atoms with Crippen molar-refractivity contribution >= 4 is 44.2 Å². The summed E-state index contributed by atoms with van der Waals surface area (Å²) in [7, 11) is 0. The number of fused-ring (bicyclic) bond motifs is 3. The topological polar surface area (TPSA) is 13.1 Å². The van der Waals surface area contributed by atoms with Gasteiger partial charge in [-0.15, -0.1) is 11.3 Å². The first kappa shape index (κ1) is 7.42. The molecule has 0 radical (unpaired) electrons. The molecule has 0 bridgehead atoms. The number of halogens is 1. The number of furan rings is 1. The maximum Gasteiger partial charge on any atom is 0.164 e. The number of benzene rings is 1. The first-order chi connectivity index (χ1) is 6.36. The Morgan fingerprint density at radius 3 is 3.00 bits per heavy atom. The Bertz CT molecular complexity index is 579. The van der Waals surface area contributed by atoms with Crippen LogP contribution in [0.4, 0.5) is 0 Å². The predicted molar refractivity (Wildman–Crippen MR) is 56.6 cm³/mol. The summed E-state index contributed by atoms with van der Waals surface area (Å²) in [6.07, 6.45) is 0. The minimum absolute atomic E-state index is 0.705. The lowest BCUT2D eigenvalue weighted by Crippen LogP contribution is -1.59. The second-order valence-corrected chi connectivity index (χ2v) is 4.13. The highest BCUT2D eigenvalue weighted by molar-refractivity contribution is 7.18. The third-order valence-electron chi connectivity index (χ3n) is 2.05. The zero-order valence-corrected chi connectivity index (χ0v) is 8.15. The van der Waals surface area contributed by atoms with Crippen LogP contribution in [0.3, 0.4) is 0 Å². The van der Waals surface area contributed by atoms with Gasteiger partial charge in [0.05, 0.1) is 9.72 Å². The quantitative estimate of drug-likeness (QED) is 0.537. The van der Waals surface area contributed by atoms with Gasteiger partial charge < -0.3 is 4.42 Å². The Morgan fingerprint density at radius 2 is 2.08 bits per heavy atom. The van der Waals surface area contributed by atoms with Crippen LogP contribution in [0.25, 0.3) is 21.3 Å². The van der Waals surface area contributed by atoms with E-state index in [0.717, 1.165) is 21.3 Å². The summed E-state index contributed by atoms with van der Waals surface area (Å²) in [4.78, 5) is 0. The number of hydrogen-bond donors (Lipinski definition) is 0. The second-order valence-electron chi connectivity index (χ2n) is 2.84. The fourth-order valence-corrected chi connectivity index (χ4v) is 2.67. The highest BCUT2D eigenvalue weighted by Gasteiger charge is 2.10. The summed E-state index contributed by atoms with van der Waals surface area (Å²) in [6.45, 7) is 0. The van der Waals surface area contributed by atoms with Crippen LogP contribution in [-0.2, 0) is 0 Å². The summed E-state index contributed by atoms with van der Waals surface area (Å²) in [5, 5.41) is 3.76. The average Bonchev–Trinajstić information content (AvgIpc) is 2.67. The highest BCUT2D eigenvalue weighted by atomic mass is 35.5. The van der Waals surface area contributed by atoms with Gasteiger partial charge in [-0.2, -0.15) is 0 Å². The lowest BCUT2D eigenvalue weighted by atomic mass is 10.2. The van der Waals surface area contributed by atoms with E-state index in [1.165, 1.54) is 0 Å². The van der Waals surface area contributed by atoms with Crippen LogP contribution < -0.4 is 0 Å². The minimum atomic E-state index is 0.705. The zero-order chi connectivity index (χ0) is 8.84. The number of thiophene rings is 1. The van der Waals surface area contributed by atoms with E-state index in [1.807, 2.05) is 29.6 Å². The van der Waals surface area contributed by atoms with Crippen molar-refractivity contribution < 1.29 is 4.42 Å². The molecule has 0 amide bonds. The van der Waals surface area contributed by atoms with Crippen molar-refractivity contribution in [2.75, 3.05) is 0 Å². The molecule has 0 atom stereocenters. The molecule has 0 fully saturated rings. The normalized spacial score (nSPS) is 11.5. The van der Waals surface area contributed by atoms with Gasteiger partial charge in [-0.3, -0.25) is 0 Å². The van der Waals surface area contributed by atoms with Gasteiger partial charge in [0.15, 0.2) is 5.58 Å². The molecule has 0 saturated heterocycles. The van der Waals surface area contributed by atoms with E-state index in [9.17, 15) is 0 Å². The van der Waals surface area contributed by atoms with Crippen molar-refractivity contribution in [1.82, 2.24) is 0 Å². The van der Waals surface area contributed by atoms with Gasteiger partial charge in [0, 0.05) is 10.8 Å². The Kier molecular flexibility index (Phi) is 1.43. The number of hydrogen-bond acceptors (Lipinski definition) is 2. The molecule has 2 heterocycles. The molecule has 64 valence electrons. The highest BCUT2D eigenvalue weighted by Crippen LogP contribution is 2.37. The van der Waals surface area contributed by atoms with E-state index in [-0.39, 0.29) is 0 Å². The van der Waals surface area contributed by atoms with E-state index >= 15 is 0 Å². The van der Waals surface area contributed by atoms with Crippen LogP contribution >= 0.6 is 22.9 Å². The van der Waals surface area contributed by atoms with Crippen molar-refractivity contribution in [3.05, 3.63) is 34.7 Å². The summed E-state index contributed by atoms with van der Waals surface area (Å²) >= 11 is 7.59. The molecule has 1 nitrogen and oxygen atoms in total. The molecule has 1 aromatic carbocycles. The van der Waals surface area contributed by atoms with E-state index in [1.54, 1.807) is 11.3 Å². The summed E-state index contributed by atoms with van der Waals surface area (Å²) in [5.74, 6) is 0. The summed E-state index contributed by atoms with van der Waals surface area (Å²) < 4.78 is 6.74.